The highest BCUT2D eigenvalue weighted by Crippen LogP contribution is 2.24. The Balaban J connectivity index is 1.93. The van der Waals surface area contributed by atoms with Crippen molar-refractivity contribution >= 4 is 22.4 Å². The lowest BCUT2D eigenvalue weighted by Crippen LogP contribution is -2.16. The molecule has 0 aliphatic heterocycles. The lowest BCUT2D eigenvalue weighted by atomic mass is 10.0. The van der Waals surface area contributed by atoms with Crippen molar-refractivity contribution in [2.24, 2.45) is 12.8 Å². The third kappa shape index (κ3) is 2.17. The van der Waals surface area contributed by atoms with Gasteiger partial charge in [-0.25, -0.2) is 4.98 Å². The molecule has 0 spiro atoms. The monoisotopic (exact) mass is 271 g/mol. The molecule has 2 N–H and O–H groups in total. The minimum Gasteiger partial charge on any atom is -0.331 e. The molecule has 3 rings (SSSR count). The van der Waals surface area contributed by atoms with Gasteiger partial charge < -0.3 is 10.3 Å². The summed E-state index contributed by atoms with van der Waals surface area (Å²) in [5.41, 5.74) is 11.0. The van der Waals surface area contributed by atoms with Crippen molar-refractivity contribution in [3.63, 3.8) is 0 Å². The molecule has 19 heavy (non-hydrogen) atoms. The number of para-hydroxylation sites is 2. The molecule has 3 nitrogen and oxygen atoms in total. The molecule has 2 aromatic heterocycles. The maximum Gasteiger partial charge on any atom is 0.111 e. The molecule has 4 heteroatoms. The standard InChI is InChI=1S/C15H17N3S/c1-10-8-19-9-11(10)12(16)7-15-17-13-5-3-4-6-14(13)18(15)2/h3-6,8-9,12H,7,16H2,1-2H3. The molecular formula is C15H17N3S. The predicted octanol–water partition coefficient (Wildman–Crippen LogP) is 3.19. The summed E-state index contributed by atoms with van der Waals surface area (Å²) in [6.07, 6.45) is 0.767. The van der Waals surface area contributed by atoms with E-state index >= 15 is 0 Å². The summed E-state index contributed by atoms with van der Waals surface area (Å²) in [5.74, 6) is 1.04. The van der Waals surface area contributed by atoms with Gasteiger partial charge in [0.25, 0.3) is 0 Å². The Labute approximate surface area is 116 Å². The molecule has 0 amide bonds. The quantitative estimate of drug-likeness (QED) is 0.795. The topological polar surface area (TPSA) is 43.8 Å². The Morgan fingerprint density at radius 1 is 1.32 bits per heavy atom. The van der Waals surface area contributed by atoms with Crippen molar-refractivity contribution in [2.45, 2.75) is 19.4 Å². The van der Waals surface area contributed by atoms with E-state index in [1.807, 2.05) is 18.2 Å². The number of hydrogen-bond acceptors (Lipinski definition) is 3. The number of hydrogen-bond donors (Lipinski definition) is 1. The van der Waals surface area contributed by atoms with E-state index in [0.717, 1.165) is 23.3 Å². The minimum atomic E-state index is 0.0155. The van der Waals surface area contributed by atoms with Gasteiger partial charge >= 0.3 is 0 Å². The first-order valence-electron chi connectivity index (χ1n) is 6.35. The van der Waals surface area contributed by atoms with Crippen LogP contribution in [-0.2, 0) is 13.5 Å². The second-order valence-electron chi connectivity index (χ2n) is 4.90. The molecule has 0 radical (unpaired) electrons. The highest BCUT2D eigenvalue weighted by Gasteiger charge is 2.15. The largest absolute Gasteiger partial charge is 0.331 e. The maximum absolute atomic E-state index is 6.32. The number of benzene rings is 1. The number of nitrogens with zero attached hydrogens (tertiary/aromatic N) is 2. The third-order valence-electron chi connectivity index (χ3n) is 3.58. The molecule has 98 valence electrons. The number of nitrogens with two attached hydrogens (primary N) is 1. The van der Waals surface area contributed by atoms with Crippen LogP contribution in [0.15, 0.2) is 35.0 Å². The second kappa shape index (κ2) is 4.79. The van der Waals surface area contributed by atoms with Crippen LogP contribution in [0.4, 0.5) is 0 Å². The minimum absolute atomic E-state index is 0.0155. The van der Waals surface area contributed by atoms with E-state index in [1.165, 1.54) is 11.1 Å². The van der Waals surface area contributed by atoms with E-state index in [0.29, 0.717) is 0 Å². The Morgan fingerprint density at radius 2 is 2.11 bits per heavy atom. The van der Waals surface area contributed by atoms with E-state index in [1.54, 1.807) is 11.3 Å². The maximum atomic E-state index is 6.32. The van der Waals surface area contributed by atoms with Crippen LogP contribution in [0.2, 0.25) is 0 Å². The van der Waals surface area contributed by atoms with Gasteiger partial charge in [-0.2, -0.15) is 11.3 Å². The van der Waals surface area contributed by atoms with Gasteiger partial charge in [-0.15, -0.1) is 0 Å². The average molecular weight is 271 g/mol. The Morgan fingerprint density at radius 3 is 2.79 bits per heavy atom. The Bertz CT molecular complexity index is 711. The van der Waals surface area contributed by atoms with Crippen LogP contribution in [0.3, 0.4) is 0 Å². The highest BCUT2D eigenvalue weighted by atomic mass is 32.1. The van der Waals surface area contributed by atoms with E-state index < -0.39 is 0 Å². The van der Waals surface area contributed by atoms with Crippen LogP contribution < -0.4 is 5.73 Å². The Hall–Kier alpha value is -1.65. The van der Waals surface area contributed by atoms with Crippen molar-refractivity contribution in [3.05, 3.63) is 52.0 Å². The van der Waals surface area contributed by atoms with Crippen LogP contribution in [0, 0.1) is 6.92 Å². The molecule has 1 unspecified atom stereocenters. The SMILES string of the molecule is Cc1cscc1C(N)Cc1nc2ccccc2n1C. The molecule has 0 bridgehead atoms. The zero-order valence-corrected chi connectivity index (χ0v) is 11.9. The van der Waals surface area contributed by atoms with Gasteiger partial charge in [-0.3, -0.25) is 0 Å². The molecule has 1 aromatic carbocycles. The fraction of sp³-hybridized carbons (Fsp3) is 0.267. The lowest BCUT2D eigenvalue weighted by molar-refractivity contribution is 0.664. The van der Waals surface area contributed by atoms with Crippen LogP contribution in [0.1, 0.15) is 23.0 Å². The number of imidazole rings is 1. The zero-order chi connectivity index (χ0) is 13.4. The molecule has 3 aromatic rings. The molecule has 1 atom stereocenters. The first-order chi connectivity index (χ1) is 9.16. The molecule has 0 saturated carbocycles. The third-order valence-corrected chi connectivity index (χ3v) is 4.46. The van der Waals surface area contributed by atoms with Gasteiger partial charge in [0.1, 0.15) is 5.82 Å². The summed E-state index contributed by atoms with van der Waals surface area (Å²) in [4.78, 5) is 4.68. The van der Waals surface area contributed by atoms with Crippen molar-refractivity contribution in [1.29, 1.82) is 0 Å². The fourth-order valence-electron chi connectivity index (χ4n) is 2.43. The second-order valence-corrected chi connectivity index (χ2v) is 5.64. The van der Waals surface area contributed by atoms with Gasteiger partial charge in [0, 0.05) is 19.5 Å². The summed E-state index contributed by atoms with van der Waals surface area (Å²) in [7, 11) is 2.05. The number of aryl methyl sites for hydroxylation is 2. The van der Waals surface area contributed by atoms with Crippen molar-refractivity contribution in [3.8, 4) is 0 Å². The summed E-state index contributed by atoms with van der Waals surface area (Å²) >= 11 is 1.71. The van der Waals surface area contributed by atoms with Gasteiger partial charge in [-0.05, 0) is 40.9 Å². The van der Waals surface area contributed by atoms with E-state index in [-0.39, 0.29) is 6.04 Å². The summed E-state index contributed by atoms with van der Waals surface area (Å²) in [5, 5.41) is 4.28. The molecule has 2 heterocycles. The molecule has 0 fully saturated rings. The highest BCUT2D eigenvalue weighted by molar-refractivity contribution is 7.08. The van der Waals surface area contributed by atoms with E-state index in [2.05, 4.69) is 40.3 Å². The normalized spacial score (nSPS) is 13.0. The number of aromatic nitrogens is 2. The van der Waals surface area contributed by atoms with Gasteiger partial charge in [-0.1, -0.05) is 12.1 Å². The predicted molar refractivity (Wildman–Crippen MR) is 80.4 cm³/mol. The molecule has 0 aliphatic carbocycles. The van der Waals surface area contributed by atoms with E-state index in [9.17, 15) is 0 Å². The number of fused-ring (bicyclic) bond motifs is 1. The molecular weight excluding hydrogens is 254 g/mol. The van der Waals surface area contributed by atoms with Crippen LogP contribution >= 0.6 is 11.3 Å². The first kappa shape index (κ1) is 12.4. The number of rotatable bonds is 3. The van der Waals surface area contributed by atoms with Crippen molar-refractivity contribution < 1.29 is 0 Å². The molecule has 0 aliphatic rings. The summed E-state index contributed by atoms with van der Waals surface area (Å²) in [6.45, 7) is 2.11. The average Bonchev–Trinajstić information content (AvgIpc) is 2.95. The first-order valence-corrected chi connectivity index (χ1v) is 7.29. The zero-order valence-electron chi connectivity index (χ0n) is 11.1. The van der Waals surface area contributed by atoms with Crippen LogP contribution in [0.5, 0.6) is 0 Å². The molecule has 0 saturated heterocycles. The smallest absolute Gasteiger partial charge is 0.111 e. The van der Waals surface area contributed by atoms with Gasteiger partial charge in [0.15, 0.2) is 0 Å². The van der Waals surface area contributed by atoms with Crippen LogP contribution in [0.25, 0.3) is 11.0 Å². The van der Waals surface area contributed by atoms with Gasteiger partial charge in [0.05, 0.1) is 11.0 Å². The summed E-state index contributed by atoms with van der Waals surface area (Å²) < 4.78 is 2.14. The number of thiophene rings is 1. The van der Waals surface area contributed by atoms with Crippen molar-refractivity contribution in [1.82, 2.24) is 9.55 Å². The van der Waals surface area contributed by atoms with Crippen LogP contribution in [-0.4, -0.2) is 9.55 Å². The van der Waals surface area contributed by atoms with E-state index in [4.69, 9.17) is 5.73 Å². The van der Waals surface area contributed by atoms with Gasteiger partial charge in [0.2, 0.25) is 0 Å². The Kier molecular flexibility index (Phi) is 3.12. The lowest BCUT2D eigenvalue weighted by Gasteiger charge is -2.11. The fourth-order valence-corrected chi connectivity index (χ4v) is 3.35. The summed E-state index contributed by atoms with van der Waals surface area (Å²) in [6, 6.07) is 8.20. The van der Waals surface area contributed by atoms with Crippen molar-refractivity contribution in [2.75, 3.05) is 0 Å².